The van der Waals surface area contributed by atoms with Crippen LogP contribution in [0.1, 0.15) is 40.6 Å². The monoisotopic (exact) mass is 381 g/mol. The molecule has 1 aromatic heterocycles. The molecule has 1 atom stereocenters. The second-order valence-electron chi connectivity index (χ2n) is 6.92. The number of halogens is 1. The summed E-state index contributed by atoms with van der Waals surface area (Å²) in [6.45, 7) is 3.35. The lowest BCUT2D eigenvalue weighted by Crippen LogP contribution is -2.39. The lowest BCUT2D eigenvalue weighted by Gasteiger charge is -2.31. The van der Waals surface area contributed by atoms with Gasteiger partial charge in [0, 0.05) is 29.2 Å². The molecule has 3 aromatic rings. The fourth-order valence-electron chi connectivity index (χ4n) is 3.39. The third kappa shape index (κ3) is 3.88. The largest absolute Gasteiger partial charge is 0.339 e. The average molecular weight is 382 g/mol. The maximum Gasteiger partial charge on any atom is 0.253 e. The van der Waals surface area contributed by atoms with Crippen molar-refractivity contribution in [1.29, 1.82) is 0 Å². The van der Waals surface area contributed by atoms with E-state index in [-0.39, 0.29) is 11.8 Å². The molecule has 1 fully saturated rings. The molecule has 1 aliphatic heterocycles. The zero-order chi connectivity index (χ0) is 18.8. The van der Waals surface area contributed by atoms with E-state index >= 15 is 0 Å². The number of benzene rings is 2. The highest BCUT2D eigenvalue weighted by atomic mass is 35.5. The van der Waals surface area contributed by atoms with Crippen molar-refractivity contribution in [3.8, 4) is 11.4 Å². The number of piperidine rings is 1. The van der Waals surface area contributed by atoms with Crippen LogP contribution in [-0.2, 0) is 0 Å². The van der Waals surface area contributed by atoms with Gasteiger partial charge in [0.2, 0.25) is 11.7 Å². The average Bonchev–Trinajstić information content (AvgIpc) is 3.18. The van der Waals surface area contributed by atoms with Gasteiger partial charge in [-0.3, -0.25) is 4.79 Å². The van der Waals surface area contributed by atoms with Crippen LogP contribution in [0.3, 0.4) is 0 Å². The van der Waals surface area contributed by atoms with Crippen LogP contribution in [0, 0.1) is 6.92 Å². The molecule has 0 spiro atoms. The molecule has 2 aromatic carbocycles. The molecule has 5 nitrogen and oxygen atoms in total. The fourth-order valence-corrected chi connectivity index (χ4v) is 3.58. The Morgan fingerprint density at radius 1 is 1.22 bits per heavy atom. The summed E-state index contributed by atoms with van der Waals surface area (Å²) in [6, 6.07) is 15.1. The lowest BCUT2D eigenvalue weighted by atomic mass is 9.97. The van der Waals surface area contributed by atoms with Gasteiger partial charge in [-0.25, -0.2) is 0 Å². The number of likely N-dealkylation sites (tertiary alicyclic amines) is 1. The van der Waals surface area contributed by atoms with Crippen LogP contribution in [0.25, 0.3) is 11.4 Å². The molecule has 4 rings (SSSR count). The zero-order valence-corrected chi connectivity index (χ0v) is 15.8. The molecule has 6 heteroatoms. The number of rotatable bonds is 3. The second-order valence-corrected chi connectivity index (χ2v) is 7.36. The first-order valence-electron chi connectivity index (χ1n) is 9.05. The van der Waals surface area contributed by atoms with Crippen LogP contribution in [0.4, 0.5) is 0 Å². The van der Waals surface area contributed by atoms with Gasteiger partial charge in [-0.05, 0) is 44.0 Å². The Morgan fingerprint density at radius 2 is 2.04 bits per heavy atom. The summed E-state index contributed by atoms with van der Waals surface area (Å²) in [7, 11) is 0. The summed E-state index contributed by atoms with van der Waals surface area (Å²) < 4.78 is 5.51. The number of aryl methyl sites for hydroxylation is 1. The summed E-state index contributed by atoms with van der Waals surface area (Å²) in [5.74, 6) is 1.20. The molecular weight excluding hydrogens is 362 g/mol. The number of hydrogen-bond acceptors (Lipinski definition) is 4. The summed E-state index contributed by atoms with van der Waals surface area (Å²) in [4.78, 5) is 19.2. The molecule has 0 radical (unpaired) electrons. The maximum absolute atomic E-state index is 12.8. The minimum atomic E-state index is 0.0496. The molecule has 0 unspecified atom stereocenters. The van der Waals surface area contributed by atoms with Crippen LogP contribution < -0.4 is 0 Å². The smallest absolute Gasteiger partial charge is 0.253 e. The molecule has 0 bridgehead atoms. The Balaban J connectivity index is 1.50. The van der Waals surface area contributed by atoms with Gasteiger partial charge in [0.25, 0.3) is 5.91 Å². The first-order valence-corrected chi connectivity index (χ1v) is 9.43. The topological polar surface area (TPSA) is 59.2 Å². The predicted molar refractivity (Wildman–Crippen MR) is 104 cm³/mol. The highest BCUT2D eigenvalue weighted by Crippen LogP contribution is 2.29. The standard InChI is InChI=1S/C21H20ClN3O2/c1-14-7-9-15(10-8-14)21(26)25-11-3-5-17(13-25)20-23-19(24-27-20)16-4-2-6-18(22)12-16/h2,4,6-10,12,17H,3,5,11,13H2,1H3/t17-/m1/s1. The quantitative estimate of drug-likeness (QED) is 0.658. The summed E-state index contributed by atoms with van der Waals surface area (Å²) in [5, 5.41) is 4.72. The van der Waals surface area contributed by atoms with Gasteiger partial charge >= 0.3 is 0 Å². The highest BCUT2D eigenvalue weighted by Gasteiger charge is 2.29. The Morgan fingerprint density at radius 3 is 2.81 bits per heavy atom. The van der Waals surface area contributed by atoms with Gasteiger partial charge in [-0.1, -0.05) is 46.6 Å². The molecule has 1 saturated heterocycles. The Kier molecular flexibility index (Phi) is 4.94. The number of hydrogen-bond donors (Lipinski definition) is 0. The van der Waals surface area contributed by atoms with Gasteiger partial charge in [0.15, 0.2) is 0 Å². The van der Waals surface area contributed by atoms with Crippen molar-refractivity contribution < 1.29 is 9.32 Å². The maximum atomic E-state index is 12.8. The van der Waals surface area contributed by atoms with Crippen molar-refractivity contribution in [1.82, 2.24) is 15.0 Å². The first-order chi connectivity index (χ1) is 13.1. The number of aromatic nitrogens is 2. The van der Waals surface area contributed by atoms with Gasteiger partial charge in [0.1, 0.15) is 0 Å². The fraction of sp³-hybridized carbons (Fsp3) is 0.286. The normalized spacial score (nSPS) is 17.1. The second kappa shape index (κ2) is 7.53. The van der Waals surface area contributed by atoms with E-state index in [4.69, 9.17) is 16.1 Å². The molecule has 138 valence electrons. The van der Waals surface area contributed by atoms with Crippen molar-refractivity contribution >= 4 is 17.5 Å². The van der Waals surface area contributed by atoms with E-state index in [1.165, 1.54) is 0 Å². The molecule has 1 aliphatic rings. The molecule has 0 aliphatic carbocycles. The van der Waals surface area contributed by atoms with E-state index < -0.39 is 0 Å². The van der Waals surface area contributed by atoms with E-state index in [1.54, 1.807) is 0 Å². The van der Waals surface area contributed by atoms with Crippen molar-refractivity contribution in [2.75, 3.05) is 13.1 Å². The van der Waals surface area contributed by atoms with Crippen LogP contribution in [0.15, 0.2) is 53.1 Å². The van der Waals surface area contributed by atoms with E-state index in [0.717, 1.165) is 30.5 Å². The van der Waals surface area contributed by atoms with Gasteiger partial charge in [-0.2, -0.15) is 4.98 Å². The van der Waals surface area contributed by atoms with Crippen LogP contribution in [-0.4, -0.2) is 34.0 Å². The Bertz CT molecular complexity index is 952. The van der Waals surface area contributed by atoms with Crippen LogP contribution >= 0.6 is 11.6 Å². The minimum Gasteiger partial charge on any atom is -0.339 e. The van der Waals surface area contributed by atoms with Gasteiger partial charge in [-0.15, -0.1) is 0 Å². The third-order valence-electron chi connectivity index (χ3n) is 4.88. The molecule has 1 amide bonds. The van der Waals surface area contributed by atoms with E-state index in [2.05, 4.69) is 10.1 Å². The first kappa shape index (κ1) is 17.7. The molecule has 2 heterocycles. The van der Waals surface area contributed by atoms with E-state index in [9.17, 15) is 4.79 Å². The summed E-state index contributed by atoms with van der Waals surface area (Å²) in [6.07, 6.45) is 1.84. The van der Waals surface area contributed by atoms with Crippen molar-refractivity contribution in [3.05, 3.63) is 70.6 Å². The van der Waals surface area contributed by atoms with Crippen LogP contribution in [0.2, 0.25) is 5.02 Å². The van der Waals surface area contributed by atoms with Crippen molar-refractivity contribution in [3.63, 3.8) is 0 Å². The van der Waals surface area contributed by atoms with E-state index in [0.29, 0.717) is 28.8 Å². The molecule has 27 heavy (non-hydrogen) atoms. The van der Waals surface area contributed by atoms with Gasteiger partial charge < -0.3 is 9.42 Å². The SMILES string of the molecule is Cc1ccc(C(=O)N2CCC[C@@H](c3nc(-c4cccc(Cl)c4)no3)C2)cc1. The van der Waals surface area contributed by atoms with Crippen molar-refractivity contribution in [2.24, 2.45) is 0 Å². The number of carbonyl (C=O) groups is 1. The number of amides is 1. The number of carbonyl (C=O) groups excluding carboxylic acids is 1. The van der Waals surface area contributed by atoms with Crippen LogP contribution in [0.5, 0.6) is 0 Å². The van der Waals surface area contributed by atoms with Crippen molar-refractivity contribution in [2.45, 2.75) is 25.7 Å². The Hall–Kier alpha value is -2.66. The minimum absolute atomic E-state index is 0.0496. The summed E-state index contributed by atoms with van der Waals surface area (Å²) in [5.41, 5.74) is 2.68. The Labute approximate surface area is 163 Å². The van der Waals surface area contributed by atoms with Gasteiger partial charge in [0.05, 0.1) is 5.92 Å². The predicted octanol–water partition coefficient (Wildman–Crippen LogP) is 4.72. The molecular formula is C21H20ClN3O2. The third-order valence-corrected chi connectivity index (χ3v) is 5.12. The highest BCUT2D eigenvalue weighted by molar-refractivity contribution is 6.30. The lowest BCUT2D eigenvalue weighted by molar-refractivity contribution is 0.0695. The van der Waals surface area contributed by atoms with E-state index in [1.807, 2.05) is 60.4 Å². The number of nitrogens with zero attached hydrogens (tertiary/aromatic N) is 3. The summed E-state index contributed by atoms with van der Waals surface area (Å²) >= 11 is 6.04. The zero-order valence-electron chi connectivity index (χ0n) is 15.1. The molecule has 0 saturated carbocycles. The molecule has 0 N–H and O–H groups in total.